The molecule has 0 radical (unpaired) electrons. The van der Waals surface area contributed by atoms with Crippen LogP contribution < -0.4 is 5.73 Å². The third-order valence-electron chi connectivity index (χ3n) is 4.12. The fourth-order valence-electron chi connectivity index (χ4n) is 3.22. The maximum Gasteiger partial charge on any atom is 0.0674 e. The molecule has 2 aliphatic rings. The van der Waals surface area contributed by atoms with Crippen LogP contribution >= 0.6 is 0 Å². The Morgan fingerprint density at radius 1 is 1.47 bits per heavy atom. The van der Waals surface area contributed by atoms with Crippen molar-refractivity contribution in [2.45, 2.75) is 44.8 Å². The Bertz CT molecular complexity index is 222. The Balaban J connectivity index is 2.05. The highest BCUT2D eigenvalue weighted by atomic mass is 16.5. The van der Waals surface area contributed by atoms with E-state index in [4.69, 9.17) is 10.5 Å². The Morgan fingerprint density at radius 3 is 2.80 bits per heavy atom. The van der Waals surface area contributed by atoms with Gasteiger partial charge >= 0.3 is 0 Å². The molecular weight excluding hydrogens is 188 g/mol. The van der Waals surface area contributed by atoms with Crippen molar-refractivity contribution in [3.63, 3.8) is 0 Å². The van der Waals surface area contributed by atoms with Gasteiger partial charge in [-0.3, -0.25) is 4.90 Å². The molecule has 0 bridgehead atoms. The minimum atomic E-state index is 0.289. The highest BCUT2D eigenvalue weighted by Gasteiger charge is 2.42. The Kier molecular flexibility index (Phi) is 3.33. The van der Waals surface area contributed by atoms with Gasteiger partial charge in [0.25, 0.3) is 0 Å². The first-order valence-corrected chi connectivity index (χ1v) is 6.23. The molecule has 0 aromatic carbocycles. The average molecular weight is 212 g/mol. The number of ether oxygens (including phenoxy) is 1. The molecule has 1 saturated carbocycles. The predicted molar refractivity (Wildman–Crippen MR) is 61.8 cm³/mol. The van der Waals surface area contributed by atoms with Gasteiger partial charge in [0, 0.05) is 25.2 Å². The van der Waals surface area contributed by atoms with Crippen LogP contribution in [0, 0.1) is 5.92 Å². The molecule has 88 valence electrons. The second-order valence-corrected chi connectivity index (χ2v) is 5.40. The van der Waals surface area contributed by atoms with Gasteiger partial charge in [-0.25, -0.2) is 0 Å². The van der Waals surface area contributed by atoms with Crippen LogP contribution in [-0.2, 0) is 4.74 Å². The number of hydrogen-bond acceptors (Lipinski definition) is 3. The number of nitrogens with two attached hydrogens (primary N) is 1. The van der Waals surface area contributed by atoms with E-state index in [1.165, 1.54) is 19.3 Å². The minimum Gasteiger partial charge on any atom is -0.376 e. The first kappa shape index (κ1) is 11.4. The van der Waals surface area contributed by atoms with Gasteiger partial charge in [0.15, 0.2) is 0 Å². The van der Waals surface area contributed by atoms with Crippen molar-refractivity contribution < 1.29 is 4.74 Å². The quantitative estimate of drug-likeness (QED) is 0.748. The normalized spacial score (nSPS) is 43.4. The van der Waals surface area contributed by atoms with E-state index in [2.05, 4.69) is 18.7 Å². The summed E-state index contributed by atoms with van der Waals surface area (Å²) in [6, 6.07) is 0. The maximum atomic E-state index is 6.02. The third kappa shape index (κ3) is 2.19. The van der Waals surface area contributed by atoms with Crippen molar-refractivity contribution in [1.82, 2.24) is 4.90 Å². The lowest BCUT2D eigenvalue weighted by Gasteiger charge is -2.44. The summed E-state index contributed by atoms with van der Waals surface area (Å²) in [6.07, 6.45) is 4.26. The van der Waals surface area contributed by atoms with Gasteiger partial charge in [-0.15, -0.1) is 0 Å². The SMILES string of the molecule is CC1CCC(CN)(N2CCOC(C)C2)C1. The largest absolute Gasteiger partial charge is 0.376 e. The van der Waals surface area contributed by atoms with Crippen molar-refractivity contribution in [2.24, 2.45) is 11.7 Å². The van der Waals surface area contributed by atoms with Crippen molar-refractivity contribution in [3.8, 4) is 0 Å². The zero-order valence-electron chi connectivity index (χ0n) is 10.0. The summed E-state index contributed by atoms with van der Waals surface area (Å²) in [5, 5.41) is 0. The van der Waals surface area contributed by atoms with E-state index in [1.54, 1.807) is 0 Å². The molecule has 3 nitrogen and oxygen atoms in total. The minimum absolute atomic E-state index is 0.289. The zero-order valence-corrected chi connectivity index (χ0v) is 10.0. The highest BCUT2D eigenvalue weighted by Crippen LogP contribution is 2.38. The lowest BCUT2D eigenvalue weighted by Crippen LogP contribution is -2.57. The lowest BCUT2D eigenvalue weighted by molar-refractivity contribution is -0.0599. The summed E-state index contributed by atoms with van der Waals surface area (Å²) in [7, 11) is 0. The molecule has 1 aliphatic heterocycles. The first-order chi connectivity index (χ1) is 7.16. The van der Waals surface area contributed by atoms with Gasteiger partial charge in [-0.2, -0.15) is 0 Å². The maximum absolute atomic E-state index is 6.02. The van der Waals surface area contributed by atoms with E-state index < -0.39 is 0 Å². The number of morpholine rings is 1. The van der Waals surface area contributed by atoms with Crippen LogP contribution in [0.3, 0.4) is 0 Å². The average Bonchev–Trinajstić information content (AvgIpc) is 2.61. The topological polar surface area (TPSA) is 38.5 Å². The van der Waals surface area contributed by atoms with E-state index in [0.717, 1.165) is 32.2 Å². The van der Waals surface area contributed by atoms with Crippen molar-refractivity contribution >= 4 is 0 Å². The van der Waals surface area contributed by atoms with Gasteiger partial charge in [-0.1, -0.05) is 6.92 Å². The highest BCUT2D eigenvalue weighted by molar-refractivity contribution is 4.99. The number of rotatable bonds is 2. The molecule has 0 amide bonds. The third-order valence-corrected chi connectivity index (χ3v) is 4.12. The standard InChI is InChI=1S/C12H24N2O/c1-10-3-4-12(7-10,9-13)14-5-6-15-11(2)8-14/h10-11H,3-9,13H2,1-2H3. The van der Waals surface area contributed by atoms with Crippen LogP contribution in [0.25, 0.3) is 0 Å². The van der Waals surface area contributed by atoms with Crippen LogP contribution in [0.2, 0.25) is 0 Å². The molecule has 2 rings (SSSR count). The molecular formula is C12H24N2O. The van der Waals surface area contributed by atoms with Gasteiger partial charge in [-0.05, 0) is 32.1 Å². The summed E-state index contributed by atoms with van der Waals surface area (Å²) in [5.74, 6) is 0.840. The van der Waals surface area contributed by atoms with Crippen LogP contribution in [-0.4, -0.2) is 42.8 Å². The number of nitrogens with zero attached hydrogens (tertiary/aromatic N) is 1. The van der Waals surface area contributed by atoms with E-state index in [9.17, 15) is 0 Å². The molecule has 3 atom stereocenters. The summed E-state index contributed by atoms with van der Waals surface area (Å²) in [5.41, 5.74) is 6.31. The molecule has 1 heterocycles. The van der Waals surface area contributed by atoms with E-state index in [-0.39, 0.29) is 5.54 Å². The molecule has 0 aromatic heterocycles. The molecule has 1 saturated heterocycles. The molecule has 0 aromatic rings. The second kappa shape index (κ2) is 4.40. The monoisotopic (exact) mass is 212 g/mol. The fraction of sp³-hybridized carbons (Fsp3) is 1.00. The Morgan fingerprint density at radius 2 is 2.27 bits per heavy atom. The van der Waals surface area contributed by atoms with Crippen molar-refractivity contribution in [2.75, 3.05) is 26.2 Å². The lowest BCUT2D eigenvalue weighted by atomic mass is 9.93. The zero-order chi connectivity index (χ0) is 10.9. The van der Waals surface area contributed by atoms with E-state index in [1.807, 2.05) is 0 Å². The van der Waals surface area contributed by atoms with Gasteiger partial charge in [0.05, 0.1) is 12.7 Å². The predicted octanol–water partition coefficient (Wildman–Crippen LogP) is 1.22. The van der Waals surface area contributed by atoms with Crippen LogP contribution in [0.1, 0.15) is 33.1 Å². The first-order valence-electron chi connectivity index (χ1n) is 6.23. The molecule has 2 N–H and O–H groups in total. The molecule has 3 heteroatoms. The van der Waals surface area contributed by atoms with Crippen molar-refractivity contribution in [1.29, 1.82) is 0 Å². The summed E-state index contributed by atoms with van der Waals surface area (Å²) in [6.45, 7) is 8.32. The van der Waals surface area contributed by atoms with Gasteiger partial charge < -0.3 is 10.5 Å². The Hall–Kier alpha value is -0.120. The molecule has 15 heavy (non-hydrogen) atoms. The van der Waals surface area contributed by atoms with Crippen molar-refractivity contribution in [3.05, 3.63) is 0 Å². The van der Waals surface area contributed by atoms with Gasteiger partial charge in [0.1, 0.15) is 0 Å². The second-order valence-electron chi connectivity index (χ2n) is 5.40. The Labute approximate surface area is 93.0 Å². The molecule has 3 unspecified atom stereocenters. The van der Waals surface area contributed by atoms with Crippen LogP contribution in [0.5, 0.6) is 0 Å². The molecule has 0 spiro atoms. The van der Waals surface area contributed by atoms with Gasteiger partial charge in [0.2, 0.25) is 0 Å². The smallest absolute Gasteiger partial charge is 0.0674 e. The fourth-order valence-corrected chi connectivity index (χ4v) is 3.22. The summed E-state index contributed by atoms with van der Waals surface area (Å²) in [4.78, 5) is 2.59. The van der Waals surface area contributed by atoms with E-state index >= 15 is 0 Å². The molecule has 1 aliphatic carbocycles. The summed E-state index contributed by atoms with van der Waals surface area (Å²) < 4.78 is 5.60. The van der Waals surface area contributed by atoms with E-state index in [0.29, 0.717) is 6.10 Å². The van der Waals surface area contributed by atoms with Crippen LogP contribution in [0.4, 0.5) is 0 Å². The number of hydrogen-bond donors (Lipinski definition) is 1. The summed E-state index contributed by atoms with van der Waals surface area (Å²) >= 11 is 0. The van der Waals surface area contributed by atoms with Crippen LogP contribution in [0.15, 0.2) is 0 Å². The molecule has 2 fully saturated rings.